The normalized spacial score (nSPS) is 12.1. The van der Waals surface area contributed by atoms with Crippen LogP contribution in [-0.2, 0) is 14.3 Å². The van der Waals surface area contributed by atoms with E-state index in [0.717, 1.165) is 38.5 Å². The fourth-order valence-corrected chi connectivity index (χ4v) is 4.02. The maximum atomic E-state index is 12.6. The molecule has 0 aliphatic rings. The van der Waals surface area contributed by atoms with Gasteiger partial charge in [0.2, 0.25) is 0 Å². The second kappa shape index (κ2) is 22.8. The van der Waals surface area contributed by atoms with E-state index in [-0.39, 0.29) is 17.9 Å². The van der Waals surface area contributed by atoms with Gasteiger partial charge >= 0.3 is 11.9 Å². The molecule has 0 saturated carbocycles. The van der Waals surface area contributed by atoms with Crippen LogP contribution >= 0.6 is 0 Å². The van der Waals surface area contributed by atoms with Crippen molar-refractivity contribution >= 4 is 11.9 Å². The van der Waals surface area contributed by atoms with Crippen LogP contribution in [0.1, 0.15) is 156 Å². The highest BCUT2D eigenvalue weighted by atomic mass is 16.6. The van der Waals surface area contributed by atoms with Crippen LogP contribution in [0.25, 0.3) is 0 Å². The van der Waals surface area contributed by atoms with Gasteiger partial charge in [0.05, 0.1) is 5.92 Å². The van der Waals surface area contributed by atoms with E-state index in [1.54, 1.807) is 0 Å². The number of hydrogen-bond acceptors (Lipinski definition) is 3. The first-order chi connectivity index (χ1) is 14.7. The van der Waals surface area contributed by atoms with Crippen LogP contribution in [0.5, 0.6) is 0 Å². The Morgan fingerprint density at radius 1 is 0.533 bits per heavy atom. The Morgan fingerprint density at radius 2 is 0.900 bits per heavy atom. The van der Waals surface area contributed by atoms with E-state index in [2.05, 4.69) is 20.8 Å². The van der Waals surface area contributed by atoms with Gasteiger partial charge in [-0.15, -0.1) is 0 Å². The van der Waals surface area contributed by atoms with Crippen molar-refractivity contribution in [2.45, 2.75) is 156 Å². The summed E-state index contributed by atoms with van der Waals surface area (Å²) in [5.41, 5.74) is 0. The van der Waals surface area contributed by atoms with Crippen LogP contribution in [0.3, 0.4) is 0 Å². The van der Waals surface area contributed by atoms with E-state index in [1.165, 1.54) is 89.9 Å². The van der Waals surface area contributed by atoms with Crippen molar-refractivity contribution in [3.8, 4) is 0 Å². The summed E-state index contributed by atoms with van der Waals surface area (Å²) in [7, 11) is 0. The van der Waals surface area contributed by atoms with Gasteiger partial charge in [0, 0.05) is 6.42 Å². The zero-order valence-electron chi connectivity index (χ0n) is 20.7. The van der Waals surface area contributed by atoms with Crippen molar-refractivity contribution in [2.24, 2.45) is 5.92 Å². The number of ether oxygens (including phenoxy) is 1. The molecule has 1 unspecified atom stereocenters. The molecule has 0 N–H and O–H groups in total. The Balaban J connectivity index is 4.08. The molecule has 1 atom stereocenters. The monoisotopic (exact) mass is 424 g/mol. The molecule has 0 saturated heterocycles. The first-order valence-corrected chi connectivity index (χ1v) is 13.4. The third kappa shape index (κ3) is 19.1. The van der Waals surface area contributed by atoms with E-state index in [9.17, 15) is 9.59 Å². The van der Waals surface area contributed by atoms with Crippen LogP contribution in [0.15, 0.2) is 0 Å². The van der Waals surface area contributed by atoms with Crippen LogP contribution in [0, 0.1) is 5.92 Å². The minimum atomic E-state index is -0.313. The summed E-state index contributed by atoms with van der Waals surface area (Å²) in [5.74, 6) is -0.660. The lowest BCUT2D eigenvalue weighted by Crippen LogP contribution is -2.21. The van der Waals surface area contributed by atoms with Gasteiger partial charge in [-0.05, 0) is 19.3 Å². The van der Waals surface area contributed by atoms with Crippen molar-refractivity contribution in [3.05, 3.63) is 0 Å². The highest BCUT2D eigenvalue weighted by Crippen LogP contribution is 2.21. The van der Waals surface area contributed by atoms with E-state index < -0.39 is 0 Å². The zero-order chi connectivity index (χ0) is 22.3. The third-order valence-electron chi connectivity index (χ3n) is 6.09. The fraction of sp³-hybridized carbons (Fsp3) is 0.926. The lowest BCUT2D eigenvalue weighted by Gasteiger charge is -2.15. The number of unbranched alkanes of at least 4 members (excludes halogenated alkanes) is 15. The summed E-state index contributed by atoms with van der Waals surface area (Å²) < 4.78 is 5.25. The molecular formula is C27H52O3. The molecule has 0 radical (unpaired) electrons. The molecule has 0 aliphatic carbocycles. The number of hydrogen-bond donors (Lipinski definition) is 0. The SMILES string of the molecule is CCCCCCCCCCC(=O)OC(=O)C(CCCCCC)CCCCCCCC. The second-order valence-corrected chi connectivity index (χ2v) is 9.12. The maximum absolute atomic E-state index is 12.6. The quantitative estimate of drug-likeness (QED) is 0.0989. The van der Waals surface area contributed by atoms with Crippen LogP contribution < -0.4 is 0 Å². The van der Waals surface area contributed by atoms with Gasteiger partial charge in [0.25, 0.3) is 0 Å². The Labute approximate surface area is 188 Å². The highest BCUT2D eigenvalue weighted by molar-refractivity contribution is 5.86. The molecule has 0 amide bonds. The lowest BCUT2D eigenvalue weighted by molar-refractivity contribution is -0.163. The van der Waals surface area contributed by atoms with Gasteiger partial charge in [-0.3, -0.25) is 9.59 Å². The van der Waals surface area contributed by atoms with Gasteiger partial charge in [-0.1, -0.05) is 130 Å². The fourth-order valence-electron chi connectivity index (χ4n) is 4.02. The average molecular weight is 425 g/mol. The smallest absolute Gasteiger partial charge is 0.316 e. The third-order valence-corrected chi connectivity index (χ3v) is 6.09. The molecular weight excluding hydrogens is 372 g/mol. The molecule has 0 aromatic heterocycles. The van der Waals surface area contributed by atoms with Gasteiger partial charge in [-0.2, -0.15) is 0 Å². The van der Waals surface area contributed by atoms with E-state index in [4.69, 9.17) is 4.74 Å². The number of carbonyl (C=O) groups excluding carboxylic acids is 2. The molecule has 30 heavy (non-hydrogen) atoms. The Hall–Kier alpha value is -0.860. The topological polar surface area (TPSA) is 43.4 Å². The summed E-state index contributed by atoms with van der Waals surface area (Å²) >= 11 is 0. The second-order valence-electron chi connectivity index (χ2n) is 9.12. The van der Waals surface area contributed by atoms with Gasteiger partial charge in [-0.25, -0.2) is 0 Å². The van der Waals surface area contributed by atoms with Crippen molar-refractivity contribution in [1.29, 1.82) is 0 Å². The predicted octanol–water partition coefficient (Wildman–Crippen LogP) is 8.92. The van der Waals surface area contributed by atoms with Gasteiger partial charge in [0.1, 0.15) is 0 Å². The highest BCUT2D eigenvalue weighted by Gasteiger charge is 2.22. The molecule has 0 heterocycles. The molecule has 3 nitrogen and oxygen atoms in total. The van der Waals surface area contributed by atoms with Crippen LogP contribution in [-0.4, -0.2) is 11.9 Å². The van der Waals surface area contributed by atoms with Gasteiger partial charge in [0.15, 0.2) is 0 Å². The Kier molecular flexibility index (Phi) is 22.2. The zero-order valence-corrected chi connectivity index (χ0v) is 20.7. The summed E-state index contributed by atoms with van der Waals surface area (Å²) in [6.45, 7) is 6.66. The first-order valence-electron chi connectivity index (χ1n) is 13.4. The number of carbonyl (C=O) groups is 2. The van der Waals surface area contributed by atoms with Gasteiger partial charge < -0.3 is 4.74 Å². The predicted molar refractivity (Wildman–Crippen MR) is 129 cm³/mol. The molecule has 0 aliphatic heterocycles. The van der Waals surface area contributed by atoms with Crippen molar-refractivity contribution < 1.29 is 14.3 Å². The van der Waals surface area contributed by atoms with Crippen molar-refractivity contribution in [1.82, 2.24) is 0 Å². The summed E-state index contributed by atoms with van der Waals surface area (Å²) in [6.07, 6.45) is 23.7. The molecule has 178 valence electrons. The maximum Gasteiger partial charge on any atom is 0.316 e. The molecule has 0 fully saturated rings. The Bertz CT molecular complexity index is 392. The largest absolute Gasteiger partial charge is 0.393 e. The van der Waals surface area contributed by atoms with Crippen LogP contribution in [0.2, 0.25) is 0 Å². The van der Waals surface area contributed by atoms with E-state index >= 15 is 0 Å². The first kappa shape index (κ1) is 29.1. The lowest BCUT2D eigenvalue weighted by atomic mass is 9.94. The number of esters is 2. The van der Waals surface area contributed by atoms with E-state index in [1.807, 2.05) is 0 Å². The molecule has 0 aromatic carbocycles. The molecule has 0 aromatic rings. The molecule has 3 heteroatoms. The summed E-state index contributed by atoms with van der Waals surface area (Å²) in [4.78, 5) is 24.7. The number of rotatable bonds is 22. The molecule has 0 bridgehead atoms. The average Bonchev–Trinajstić information content (AvgIpc) is 2.73. The van der Waals surface area contributed by atoms with Crippen molar-refractivity contribution in [3.63, 3.8) is 0 Å². The Morgan fingerprint density at radius 3 is 1.37 bits per heavy atom. The summed E-state index contributed by atoms with van der Waals surface area (Å²) in [6, 6.07) is 0. The van der Waals surface area contributed by atoms with Crippen LogP contribution in [0.4, 0.5) is 0 Å². The minimum Gasteiger partial charge on any atom is -0.393 e. The molecule has 0 rings (SSSR count). The molecule has 0 spiro atoms. The van der Waals surface area contributed by atoms with Crippen molar-refractivity contribution in [2.75, 3.05) is 0 Å². The standard InChI is InChI=1S/C27H52O3/c1-4-7-10-13-15-16-18-21-24-26(28)30-27(29)25(22-19-12-9-6-3)23-20-17-14-11-8-5-2/h25H,4-24H2,1-3H3. The summed E-state index contributed by atoms with van der Waals surface area (Å²) in [5, 5.41) is 0. The van der Waals surface area contributed by atoms with E-state index in [0.29, 0.717) is 6.42 Å². The minimum absolute atomic E-state index is 0.0875.